The summed E-state index contributed by atoms with van der Waals surface area (Å²) in [4.78, 5) is 28.1. The van der Waals surface area contributed by atoms with E-state index in [1.165, 1.54) is 6.07 Å². The van der Waals surface area contributed by atoms with Crippen molar-refractivity contribution in [2.24, 2.45) is 0 Å². The summed E-state index contributed by atoms with van der Waals surface area (Å²) in [7, 11) is 0. The number of aryl methyl sites for hydroxylation is 1. The number of nitrogens with zero attached hydrogens (tertiary/aromatic N) is 4. The van der Waals surface area contributed by atoms with Gasteiger partial charge in [0.25, 0.3) is 0 Å². The van der Waals surface area contributed by atoms with Gasteiger partial charge in [-0.3, -0.25) is 4.79 Å². The third kappa shape index (κ3) is 6.93. The molecule has 10 heteroatoms. The van der Waals surface area contributed by atoms with Crippen LogP contribution in [0.2, 0.25) is 0 Å². The zero-order valence-corrected chi connectivity index (χ0v) is 22.1. The molecule has 2 atom stereocenters. The Balaban J connectivity index is 1.56. The number of fused-ring (bicyclic) bond motifs is 1. The number of hydrogen-bond acceptors (Lipinski definition) is 5. The first-order valence-corrected chi connectivity index (χ1v) is 12.6. The monoisotopic (exact) mass is 525 g/mol. The molecule has 0 fully saturated rings. The van der Waals surface area contributed by atoms with Crippen molar-refractivity contribution in [3.8, 4) is 0 Å². The normalized spacial score (nSPS) is 16.1. The van der Waals surface area contributed by atoms with Gasteiger partial charge in [0, 0.05) is 19.0 Å². The van der Waals surface area contributed by atoms with Gasteiger partial charge >= 0.3 is 6.09 Å². The number of alkyl carbamates (subject to hydrolysis) is 1. The molecular weight excluding hydrogens is 492 g/mol. The van der Waals surface area contributed by atoms with Crippen molar-refractivity contribution in [1.29, 1.82) is 0 Å². The number of carbonyl (C=O) groups excluding carboxylic acids is 2. The fourth-order valence-electron chi connectivity index (χ4n) is 4.65. The number of carbonyl (C=O) groups is 2. The number of ether oxygens (including phenoxy) is 1. The van der Waals surface area contributed by atoms with Gasteiger partial charge in [-0.15, -0.1) is 10.2 Å². The van der Waals surface area contributed by atoms with E-state index in [4.69, 9.17) is 4.74 Å². The molecule has 2 heterocycles. The van der Waals surface area contributed by atoms with E-state index in [0.29, 0.717) is 24.4 Å². The molecule has 202 valence electrons. The number of rotatable bonds is 7. The molecule has 0 aliphatic carbocycles. The van der Waals surface area contributed by atoms with Crippen LogP contribution in [0.1, 0.15) is 50.0 Å². The summed E-state index contributed by atoms with van der Waals surface area (Å²) in [6, 6.07) is 12.6. The van der Waals surface area contributed by atoms with Gasteiger partial charge in [0.1, 0.15) is 11.4 Å². The fraction of sp³-hybridized carbons (Fsp3) is 0.429. The van der Waals surface area contributed by atoms with E-state index in [1.807, 2.05) is 41.8 Å². The molecule has 38 heavy (non-hydrogen) atoms. The molecule has 0 spiro atoms. The predicted octanol–water partition coefficient (Wildman–Crippen LogP) is 4.34. The van der Waals surface area contributed by atoms with Crippen molar-refractivity contribution < 1.29 is 23.1 Å². The Kier molecular flexibility index (Phi) is 8.08. The molecule has 1 aromatic heterocycles. The topological polar surface area (TPSA) is 89.4 Å². The molecule has 2 aromatic carbocycles. The van der Waals surface area contributed by atoms with Gasteiger partial charge in [-0.25, -0.2) is 13.6 Å². The molecule has 2 unspecified atom stereocenters. The Bertz CT molecular complexity index is 1290. The molecule has 0 saturated heterocycles. The predicted molar refractivity (Wildman–Crippen MR) is 137 cm³/mol. The van der Waals surface area contributed by atoms with Crippen LogP contribution in [0.15, 0.2) is 48.5 Å². The number of halogens is 2. The van der Waals surface area contributed by atoms with E-state index in [9.17, 15) is 18.4 Å². The molecule has 1 aliphatic rings. The Morgan fingerprint density at radius 1 is 1.08 bits per heavy atom. The van der Waals surface area contributed by atoms with Crippen LogP contribution in [0.3, 0.4) is 0 Å². The average molecular weight is 526 g/mol. The second-order valence-electron chi connectivity index (χ2n) is 10.6. The Morgan fingerprint density at radius 3 is 2.50 bits per heavy atom. The minimum absolute atomic E-state index is 0.0589. The van der Waals surface area contributed by atoms with Crippen molar-refractivity contribution in [2.75, 3.05) is 0 Å². The van der Waals surface area contributed by atoms with Gasteiger partial charge in [0.05, 0.1) is 12.6 Å². The fourth-order valence-corrected chi connectivity index (χ4v) is 4.65. The Labute approximate surface area is 221 Å². The molecular formula is C28H33F2N5O3. The van der Waals surface area contributed by atoms with Crippen molar-refractivity contribution in [1.82, 2.24) is 25.0 Å². The van der Waals surface area contributed by atoms with Crippen LogP contribution in [0.4, 0.5) is 13.6 Å². The lowest BCUT2D eigenvalue weighted by atomic mass is 9.99. The largest absolute Gasteiger partial charge is 0.444 e. The Hall–Kier alpha value is -3.82. The maximum atomic E-state index is 13.9. The number of hydrogen-bond donors (Lipinski definition) is 1. The van der Waals surface area contributed by atoms with Crippen molar-refractivity contribution in [3.05, 3.63) is 82.9 Å². The minimum atomic E-state index is -0.987. The highest BCUT2D eigenvalue weighted by molar-refractivity contribution is 5.78. The van der Waals surface area contributed by atoms with Gasteiger partial charge < -0.3 is 19.5 Å². The second-order valence-corrected chi connectivity index (χ2v) is 10.6. The van der Waals surface area contributed by atoms with Gasteiger partial charge in [-0.1, -0.05) is 36.4 Å². The molecule has 0 saturated carbocycles. The first-order chi connectivity index (χ1) is 18.0. The smallest absolute Gasteiger partial charge is 0.407 e. The molecule has 2 amide bonds. The number of amides is 2. The lowest BCUT2D eigenvalue weighted by molar-refractivity contribution is -0.136. The Morgan fingerprint density at radius 2 is 1.82 bits per heavy atom. The van der Waals surface area contributed by atoms with Crippen LogP contribution in [0.5, 0.6) is 0 Å². The lowest BCUT2D eigenvalue weighted by Crippen LogP contribution is -2.50. The van der Waals surface area contributed by atoms with Crippen LogP contribution >= 0.6 is 0 Å². The SMILES string of the molecule is Cc1nnc2n1CC(Cc1ccccc1)N(C(=O)CC(Cc1ccc(F)c(F)c1)NC(=O)OC(C)(C)C)C2. The van der Waals surface area contributed by atoms with Crippen molar-refractivity contribution in [2.45, 2.75) is 77.7 Å². The van der Waals surface area contributed by atoms with Gasteiger partial charge in [0.2, 0.25) is 5.91 Å². The van der Waals surface area contributed by atoms with E-state index >= 15 is 0 Å². The van der Waals surface area contributed by atoms with E-state index in [0.717, 1.165) is 23.5 Å². The van der Waals surface area contributed by atoms with E-state index < -0.39 is 29.4 Å². The van der Waals surface area contributed by atoms with Gasteiger partial charge in [-0.05, 0) is 63.8 Å². The molecule has 1 aliphatic heterocycles. The first kappa shape index (κ1) is 27.2. The van der Waals surface area contributed by atoms with Crippen LogP contribution in [0.25, 0.3) is 0 Å². The minimum Gasteiger partial charge on any atom is -0.444 e. The molecule has 1 N–H and O–H groups in total. The molecule has 3 aromatic rings. The first-order valence-electron chi connectivity index (χ1n) is 12.6. The van der Waals surface area contributed by atoms with E-state index in [1.54, 1.807) is 25.7 Å². The van der Waals surface area contributed by atoms with Gasteiger partial charge in [-0.2, -0.15) is 0 Å². The van der Waals surface area contributed by atoms with Crippen molar-refractivity contribution >= 4 is 12.0 Å². The average Bonchev–Trinajstić information content (AvgIpc) is 3.20. The highest BCUT2D eigenvalue weighted by Crippen LogP contribution is 2.23. The quantitative estimate of drug-likeness (QED) is 0.496. The highest BCUT2D eigenvalue weighted by Gasteiger charge is 2.33. The molecule has 8 nitrogen and oxygen atoms in total. The van der Waals surface area contributed by atoms with E-state index in [2.05, 4.69) is 15.5 Å². The standard InChI is InChI=1S/C28H33F2N5O3/c1-18-32-33-25-17-35(22(16-34(18)25)13-19-8-6-5-7-9-19)26(36)15-21(31-27(37)38-28(2,3)4)12-20-10-11-23(29)24(30)14-20/h5-11,14,21-22H,12-13,15-17H2,1-4H3,(H,31,37). The maximum Gasteiger partial charge on any atom is 0.407 e. The number of nitrogens with one attached hydrogen (secondary N) is 1. The van der Waals surface area contributed by atoms with Crippen molar-refractivity contribution in [3.63, 3.8) is 0 Å². The van der Waals surface area contributed by atoms with Crippen LogP contribution in [-0.2, 0) is 35.5 Å². The summed E-state index contributed by atoms with van der Waals surface area (Å²) in [5.41, 5.74) is 0.804. The molecule has 4 rings (SSSR count). The molecule has 0 radical (unpaired) electrons. The summed E-state index contributed by atoms with van der Waals surface area (Å²) in [6.07, 6.45) is 0.00943. The van der Waals surface area contributed by atoms with Crippen LogP contribution in [0, 0.1) is 18.6 Å². The molecule has 0 bridgehead atoms. The second kappa shape index (κ2) is 11.3. The van der Waals surface area contributed by atoms with Gasteiger partial charge in [0.15, 0.2) is 17.5 Å². The lowest BCUT2D eigenvalue weighted by Gasteiger charge is -2.37. The zero-order valence-electron chi connectivity index (χ0n) is 22.1. The summed E-state index contributed by atoms with van der Waals surface area (Å²) in [5.74, 6) is -0.664. The maximum absolute atomic E-state index is 13.9. The number of aromatic nitrogens is 3. The summed E-state index contributed by atoms with van der Waals surface area (Å²) >= 11 is 0. The third-order valence-electron chi connectivity index (χ3n) is 6.40. The number of benzene rings is 2. The zero-order chi connectivity index (χ0) is 27.4. The van der Waals surface area contributed by atoms with E-state index in [-0.39, 0.29) is 31.3 Å². The van der Waals surface area contributed by atoms with Crippen LogP contribution < -0.4 is 5.32 Å². The summed E-state index contributed by atoms with van der Waals surface area (Å²) in [6.45, 7) is 7.92. The summed E-state index contributed by atoms with van der Waals surface area (Å²) in [5, 5.41) is 11.2. The highest BCUT2D eigenvalue weighted by atomic mass is 19.2. The van der Waals surface area contributed by atoms with Crippen LogP contribution in [-0.4, -0.2) is 49.3 Å². The summed E-state index contributed by atoms with van der Waals surface area (Å²) < 4.78 is 34.8. The third-order valence-corrected chi connectivity index (χ3v) is 6.40.